The van der Waals surface area contributed by atoms with Crippen LogP contribution in [0, 0.1) is 0 Å². The van der Waals surface area contributed by atoms with E-state index in [1.807, 2.05) is 13.8 Å². The minimum atomic E-state index is -0.390. The number of carbonyl (C=O) groups excluding carboxylic acids is 1. The molecule has 82 valence electrons. The normalized spacial score (nSPS) is 25.8. The van der Waals surface area contributed by atoms with E-state index >= 15 is 0 Å². The SMILES string of the molecule is CC[C@@H](N)C(=O)NC(C)C1CCCO1. The maximum atomic E-state index is 11.4. The molecule has 0 aromatic carbocycles. The minimum Gasteiger partial charge on any atom is -0.376 e. The Morgan fingerprint density at radius 1 is 1.71 bits per heavy atom. The molecule has 1 rings (SSSR count). The van der Waals surface area contributed by atoms with Crippen molar-refractivity contribution in [1.82, 2.24) is 5.32 Å². The van der Waals surface area contributed by atoms with Crippen LogP contribution in [0.4, 0.5) is 0 Å². The summed E-state index contributed by atoms with van der Waals surface area (Å²) in [6, 6.07) is -0.318. The smallest absolute Gasteiger partial charge is 0.237 e. The maximum Gasteiger partial charge on any atom is 0.237 e. The van der Waals surface area contributed by atoms with Crippen LogP contribution < -0.4 is 11.1 Å². The Bertz CT molecular complexity index is 191. The van der Waals surface area contributed by atoms with Gasteiger partial charge < -0.3 is 15.8 Å². The van der Waals surface area contributed by atoms with Gasteiger partial charge in [0.15, 0.2) is 0 Å². The van der Waals surface area contributed by atoms with Crippen molar-refractivity contribution in [2.45, 2.75) is 51.3 Å². The summed E-state index contributed by atoms with van der Waals surface area (Å²) in [7, 11) is 0. The number of hydrogen-bond donors (Lipinski definition) is 2. The molecule has 1 amide bonds. The Hall–Kier alpha value is -0.610. The van der Waals surface area contributed by atoms with Crippen molar-refractivity contribution >= 4 is 5.91 Å². The molecule has 0 spiro atoms. The van der Waals surface area contributed by atoms with E-state index in [4.69, 9.17) is 10.5 Å². The molecule has 0 aromatic heterocycles. The van der Waals surface area contributed by atoms with Gasteiger partial charge in [-0.25, -0.2) is 0 Å². The molecule has 0 aromatic rings. The van der Waals surface area contributed by atoms with E-state index < -0.39 is 0 Å². The topological polar surface area (TPSA) is 64.4 Å². The molecule has 2 unspecified atom stereocenters. The van der Waals surface area contributed by atoms with E-state index in [-0.39, 0.29) is 24.1 Å². The van der Waals surface area contributed by atoms with Crippen LogP contribution in [0.2, 0.25) is 0 Å². The summed E-state index contributed by atoms with van der Waals surface area (Å²) in [6.45, 7) is 4.68. The van der Waals surface area contributed by atoms with Crippen molar-refractivity contribution in [3.8, 4) is 0 Å². The quantitative estimate of drug-likeness (QED) is 0.690. The molecule has 1 saturated heterocycles. The fraction of sp³-hybridized carbons (Fsp3) is 0.900. The molecule has 4 heteroatoms. The summed E-state index contributed by atoms with van der Waals surface area (Å²) in [5.74, 6) is -0.0736. The molecule has 1 aliphatic heterocycles. The van der Waals surface area contributed by atoms with Gasteiger partial charge in [0.05, 0.1) is 18.2 Å². The summed E-state index contributed by atoms with van der Waals surface area (Å²) in [5.41, 5.74) is 5.61. The molecule has 3 N–H and O–H groups in total. The Morgan fingerprint density at radius 2 is 2.43 bits per heavy atom. The lowest BCUT2D eigenvalue weighted by Crippen LogP contribution is -2.48. The van der Waals surface area contributed by atoms with Gasteiger partial charge in [0, 0.05) is 6.61 Å². The second-order valence-electron chi connectivity index (χ2n) is 3.86. The summed E-state index contributed by atoms with van der Waals surface area (Å²) in [6.07, 6.45) is 2.96. The highest BCUT2D eigenvalue weighted by atomic mass is 16.5. The second kappa shape index (κ2) is 5.32. The predicted molar refractivity (Wildman–Crippen MR) is 54.8 cm³/mol. The second-order valence-corrected chi connectivity index (χ2v) is 3.86. The van der Waals surface area contributed by atoms with Crippen LogP contribution in [0.3, 0.4) is 0 Å². The van der Waals surface area contributed by atoms with Gasteiger partial charge in [0.25, 0.3) is 0 Å². The number of hydrogen-bond acceptors (Lipinski definition) is 3. The van der Waals surface area contributed by atoms with E-state index in [9.17, 15) is 4.79 Å². The van der Waals surface area contributed by atoms with Crippen molar-refractivity contribution in [2.24, 2.45) is 5.73 Å². The number of nitrogens with two attached hydrogens (primary N) is 1. The molecule has 0 bridgehead atoms. The van der Waals surface area contributed by atoms with Crippen molar-refractivity contribution in [3.05, 3.63) is 0 Å². The number of nitrogens with one attached hydrogen (secondary N) is 1. The lowest BCUT2D eigenvalue weighted by Gasteiger charge is -2.21. The molecular formula is C10H20N2O2. The molecule has 4 nitrogen and oxygen atoms in total. The summed E-state index contributed by atoms with van der Waals surface area (Å²) in [4.78, 5) is 11.4. The third-order valence-electron chi connectivity index (χ3n) is 2.67. The molecular weight excluding hydrogens is 180 g/mol. The number of carbonyl (C=O) groups is 1. The molecule has 0 radical (unpaired) electrons. The zero-order valence-corrected chi connectivity index (χ0v) is 8.95. The van der Waals surface area contributed by atoms with Crippen molar-refractivity contribution in [2.75, 3.05) is 6.61 Å². The fourth-order valence-corrected chi connectivity index (χ4v) is 1.61. The molecule has 1 heterocycles. The zero-order chi connectivity index (χ0) is 10.6. The molecule has 1 aliphatic rings. The third kappa shape index (κ3) is 2.96. The van der Waals surface area contributed by atoms with Crippen LogP contribution in [0.25, 0.3) is 0 Å². The Kier molecular flexibility index (Phi) is 4.35. The average molecular weight is 200 g/mol. The first-order valence-corrected chi connectivity index (χ1v) is 5.32. The van der Waals surface area contributed by atoms with Gasteiger partial charge in [0.1, 0.15) is 0 Å². The largest absolute Gasteiger partial charge is 0.376 e. The van der Waals surface area contributed by atoms with Crippen LogP contribution >= 0.6 is 0 Å². The van der Waals surface area contributed by atoms with Crippen LogP contribution in [0.1, 0.15) is 33.1 Å². The number of amides is 1. The van der Waals surface area contributed by atoms with E-state index in [1.54, 1.807) is 0 Å². The lowest BCUT2D eigenvalue weighted by molar-refractivity contribution is -0.123. The zero-order valence-electron chi connectivity index (χ0n) is 8.95. The molecule has 1 fully saturated rings. The van der Waals surface area contributed by atoms with E-state index in [1.165, 1.54) is 0 Å². The van der Waals surface area contributed by atoms with E-state index in [0.29, 0.717) is 6.42 Å². The van der Waals surface area contributed by atoms with Gasteiger partial charge in [0.2, 0.25) is 5.91 Å². The highest BCUT2D eigenvalue weighted by molar-refractivity contribution is 5.81. The van der Waals surface area contributed by atoms with E-state index in [0.717, 1.165) is 19.4 Å². The first-order chi connectivity index (χ1) is 6.65. The van der Waals surface area contributed by atoms with Gasteiger partial charge in [-0.2, -0.15) is 0 Å². The van der Waals surface area contributed by atoms with E-state index in [2.05, 4.69) is 5.32 Å². The highest BCUT2D eigenvalue weighted by Crippen LogP contribution is 2.15. The molecule has 14 heavy (non-hydrogen) atoms. The van der Waals surface area contributed by atoms with Gasteiger partial charge in [-0.15, -0.1) is 0 Å². The predicted octanol–water partition coefficient (Wildman–Crippen LogP) is 0.407. The van der Waals surface area contributed by atoms with Gasteiger partial charge in [-0.3, -0.25) is 4.79 Å². The average Bonchev–Trinajstić information content (AvgIpc) is 2.69. The molecule has 3 atom stereocenters. The van der Waals surface area contributed by atoms with Crippen molar-refractivity contribution < 1.29 is 9.53 Å². The first-order valence-electron chi connectivity index (χ1n) is 5.32. The van der Waals surface area contributed by atoms with Crippen LogP contribution in [0.15, 0.2) is 0 Å². The molecule has 0 aliphatic carbocycles. The third-order valence-corrected chi connectivity index (χ3v) is 2.67. The summed E-state index contributed by atoms with van der Waals surface area (Å²) < 4.78 is 5.47. The van der Waals surface area contributed by atoms with Crippen molar-refractivity contribution in [1.29, 1.82) is 0 Å². The van der Waals surface area contributed by atoms with Gasteiger partial charge in [-0.05, 0) is 26.2 Å². The Balaban J connectivity index is 2.31. The summed E-state index contributed by atoms with van der Waals surface area (Å²) in [5, 5.41) is 2.88. The highest BCUT2D eigenvalue weighted by Gasteiger charge is 2.24. The Labute approximate surface area is 85.2 Å². The number of rotatable bonds is 4. The van der Waals surface area contributed by atoms with Crippen LogP contribution in [-0.2, 0) is 9.53 Å². The van der Waals surface area contributed by atoms with Crippen LogP contribution in [-0.4, -0.2) is 30.7 Å². The van der Waals surface area contributed by atoms with Crippen molar-refractivity contribution in [3.63, 3.8) is 0 Å². The Morgan fingerprint density at radius 3 is 2.93 bits per heavy atom. The monoisotopic (exact) mass is 200 g/mol. The first kappa shape index (κ1) is 11.5. The maximum absolute atomic E-state index is 11.4. The van der Waals surface area contributed by atoms with Gasteiger partial charge in [-0.1, -0.05) is 6.92 Å². The van der Waals surface area contributed by atoms with Crippen LogP contribution in [0.5, 0.6) is 0 Å². The molecule has 0 saturated carbocycles. The standard InChI is InChI=1S/C10H20N2O2/c1-3-8(11)10(13)12-7(2)9-5-4-6-14-9/h7-9H,3-6,11H2,1-2H3,(H,12,13)/t7?,8-,9?/m1/s1. The summed E-state index contributed by atoms with van der Waals surface area (Å²) >= 11 is 0. The number of ether oxygens (including phenoxy) is 1. The van der Waals surface area contributed by atoms with Gasteiger partial charge >= 0.3 is 0 Å². The minimum absolute atomic E-state index is 0.0719. The lowest BCUT2D eigenvalue weighted by atomic mass is 10.1. The fourth-order valence-electron chi connectivity index (χ4n) is 1.61.